The van der Waals surface area contributed by atoms with E-state index >= 15 is 0 Å². The summed E-state index contributed by atoms with van der Waals surface area (Å²) >= 11 is 14.3. The smallest absolute Gasteiger partial charge is 0.338 e. The predicted octanol–water partition coefficient (Wildman–Crippen LogP) is 6.67. The zero-order chi connectivity index (χ0) is 27.1. The van der Waals surface area contributed by atoms with Gasteiger partial charge in [0.05, 0.1) is 29.4 Å². The Bertz CT molecular complexity index is 1440. The first-order valence-electron chi connectivity index (χ1n) is 11.7. The first kappa shape index (κ1) is 27.5. The predicted molar refractivity (Wildman–Crippen MR) is 150 cm³/mol. The summed E-state index contributed by atoms with van der Waals surface area (Å²) < 4.78 is 6.77. The molecule has 4 aromatic rings. The van der Waals surface area contributed by atoms with Crippen molar-refractivity contribution < 1.29 is 14.3 Å². The Morgan fingerprint density at radius 1 is 1.03 bits per heavy atom. The average Bonchev–Trinajstić information content (AvgIpc) is 3.31. The number of nitrogens with zero attached hydrogens (tertiary/aromatic N) is 3. The van der Waals surface area contributed by atoms with Crippen molar-refractivity contribution in [3.05, 3.63) is 99.3 Å². The van der Waals surface area contributed by atoms with Crippen molar-refractivity contribution in [1.29, 1.82) is 0 Å². The molecule has 0 fully saturated rings. The molecule has 38 heavy (non-hydrogen) atoms. The number of benzene rings is 3. The van der Waals surface area contributed by atoms with E-state index in [2.05, 4.69) is 39.9 Å². The molecular formula is C27H25Cl2N5O3S. The average molecular weight is 571 g/mol. The molecule has 4 rings (SSSR count). The van der Waals surface area contributed by atoms with Crippen LogP contribution in [0.5, 0.6) is 0 Å². The summed E-state index contributed by atoms with van der Waals surface area (Å²) in [4.78, 5) is 24.4. The molecule has 2 N–H and O–H groups in total. The van der Waals surface area contributed by atoms with Crippen LogP contribution in [0.25, 0.3) is 5.69 Å². The number of rotatable bonds is 9. The van der Waals surface area contributed by atoms with Crippen molar-refractivity contribution >= 4 is 52.7 Å². The second-order valence-electron chi connectivity index (χ2n) is 8.15. The number of esters is 1. The van der Waals surface area contributed by atoms with Gasteiger partial charge in [0, 0.05) is 16.5 Å². The van der Waals surface area contributed by atoms with Crippen molar-refractivity contribution in [2.45, 2.75) is 31.3 Å². The molecule has 0 aliphatic heterocycles. The SMILES string of the molecule is CCOC(=O)c1ccc(NC(=O)NCc2nnc(SCc3ccccc3C)n2-c2cc(Cl)ccc2Cl)cc1. The third kappa shape index (κ3) is 6.86. The first-order chi connectivity index (χ1) is 18.4. The van der Waals surface area contributed by atoms with Crippen molar-refractivity contribution in [2.75, 3.05) is 11.9 Å². The first-order valence-corrected chi connectivity index (χ1v) is 13.5. The van der Waals surface area contributed by atoms with Gasteiger partial charge in [-0.3, -0.25) is 4.57 Å². The Balaban J connectivity index is 1.50. The van der Waals surface area contributed by atoms with Crippen LogP contribution in [0.1, 0.15) is 34.2 Å². The van der Waals surface area contributed by atoms with Crippen LogP contribution in [0.4, 0.5) is 10.5 Å². The third-order valence-corrected chi connectivity index (χ3v) is 7.06. The van der Waals surface area contributed by atoms with Crippen LogP contribution in [0, 0.1) is 6.92 Å². The summed E-state index contributed by atoms with van der Waals surface area (Å²) in [6.45, 7) is 4.17. The molecule has 3 aromatic carbocycles. The Morgan fingerprint density at radius 3 is 2.53 bits per heavy atom. The molecule has 0 radical (unpaired) electrons. The lowest BCUT2D eigenvalue weighted by Gasteiger charge is -2.13. The Morgan fingerprint density at radius 2 is 1.79 bits per heavy atom. The highest BCUT2D eigenvalue weighted by Gasteiger charge is 2.18. The highest BCUT2D eigenvalue weighted by molar-refractivity contribution is 7.98. The quantitative estimate of drug-likeness (QED) is 0.172. The summed E-state index contributed by atoms with van der Waals surface area (Å²) in [5.74, 6) is 0.742. The fourth-order valence-corrected chi connectivity index (χ4v) is 4.97. The maximum absolute atomic E-state index is 12.6. The topological polar surface area (TPSA) is 98.1 Å². The molecule has 0 bridgehead atoms. The number of halogens is 2. The number of carbonyl (C=O) groups is 2. The van der Waals surface area contributed by atoms with Crippen molar-refractivity contribution in [1.82, 2.24) is 20.1 Å². The summed E-state index contributed by atoms with van der Waals surface area (Å²) in [5, 5.41) is 15.8. The minimum Gasteiger partial charge on any atom is -0.462 e. The van der Waals surface area contributed by atoms with E-state index in [1.165, 1.54) is 22.9 Å². The van der Waals surface area contributed by atoms with Gasteiger partial charge in [-0.25, -0.2) is 9.59 Å². The second kappa shape index (κ2) is 12.8. The van der Waals surface area contributed by atoms with E-state index in [0.29, 0.717) is 50.3 Å². The van der Waals surface area contributed by atoms with Gasteiger partial charge in [0.25, 0.3) is 0 Å². The van der Waals surface area contributed by atoms with Crippen LogP contribution in [0.3, 0.4) is 0 Å². The zero-order valence-corrected chi connectivity index (χ0v) is 23.0. The van der Waals surface area contributed by atoms with Crippen LogP contribution in [-0.4, -0.2) is 33.4 Å². The molecule has 0 aliphatic rings. The number of ether oxygens (including phenoxy) is 1. The number of hydrogen-bond acceptors (Lipinski definition) is 6. The number of anilines is 1. The van der Waals surface area contributed by atoms with Crippen molar-refractivity contribution in [3.8, 4) is 5.69 Å². The van der Waals surface area contributed by atoms with E-state index in [4.69, 9.17) is 27.9 Å². The van der Waals surface area contributed by atoms with Crippen molar-refractivity contribution in [2.24, 2.45) is 0 Å². The van der Waals surface area contributed by atoms with Crippen LogP contribution in [-0.2, 0) is 17.0 Å². The largest absolute Gasteiger partial charge is 0.462 e. The fourth-order valence-electron chi connectivity index (χ4n) is 3.56. The number of urea groups is 1. The lowest BCUT2D eigenvalue weighted by atomic mass is 10.1. The van der Waals surface area contributed by atoms with Gasteiger partial charge >= 0.3 is 12.0 Å². The standard InChI is InChI=1S/C27H25Cl2N5O3S/c1-3-37-25(35)18-8-11-21(12-9-18)31-26(36)30-15-24-32-33-27(38-16-19-7-5-4-6-17(19)2)34(24)23-14-20(28)10-13-22(23)29/h4-14H,3,15-16H2,1-2H3,(H2,30,31,36). The van der Waals surface area contributed by atoms with Gasteiger partial charge in [0.2, 0.25) is 0 Å². The van der Waals surface area contributed by atoms with Crippen LogP contribution < -0.4 is 10.6 Å². The van der Waals surface area contributed by atoms with Gasteiger partial charge in [-0.15, -0.1) is 10.2 Å². The summed E-state index contributed by atoms with van der Waals surface area (Å²) in [7, 11) is 0. The Kier molecular flexibility index (Phi) is 9.28. The summed E-state index contributed by atoms with van der Waals surface area (Å²) in [6.07, 6.45) is 0. The Labute approximate surface area is 234 Å². The molecule has 0 unspecified atom stereocenters. The highest BCUT2D eigenvalue weighted by atomic mass is 35.5. The van der Waals surface area contributed by atoms with Gasteiger partial charge < -0.3 is 15.4 Å². The monoisotopic (exact) mass is 569 g/mol. The van der Waals surface area contributed by atoms with E-state index < -0.39 is 12.0 Å². The van der Waals surface area contributed by atoms with Gasteiger partial charge in [-0.05, 0) is 67.4 Å². The molecular weight excluding hydrogens is 545 g/mol. The summed E-state index contributed by atoms with van der Waals surface area (Å²) in [6, 6.07) is 19.3. The second-order valence-corrected chi connectivity index (χ2v) is 9.94. The molecule has 1 heterocycles. The van der Waals surface area contributed by atoms with Gasteiger partial charge in [-0.2, -0.15) is 0 Å². The van der Waals surface area contributed by atoms with Crippen LogP contribution >= 0.6 is 35.0 Å². The Hall–Kier alpha value is -3.53. The minimum absolute atomic E-state index is 0.0769. The normalized spacial score (nSPS) is 10.7. The molecule has 8 nitrogen and oxygen atoms in total. The van der Waals surface area contributed by atoms with E-state index in [-0.39, 0.29) is 6.54 Å². The lowest BCUT2D eigenvalue weighted by molar-refractivity contribution is 0.0526. The number of amides is 2. The van der Waals surface area contributed by atoms with Crippen molar-refractivity contribution in [3.63, 3.8) is 0 Å². The van der Waals surface area contributed by atoms with E-state index in [1.54, 1.807) is 54.0 Å². The number of thioether (sulfide) groups is 1. The molecule has 2 amide bonds. The molecule has 0 atom stereocenters. The maximum atomic E-state index is 12.6. The molecule has 0 saturated heterocycles. The number of carbonyl (C=O) groups excluding carboxylic acids is 2. The van der Waals surface area contributed by atoms with Gasteiger partial charge in [0.15, 0.2) is 11.0 Å². The molecule has 196 valence electrons. The van der Waals surface area contributed by atoms with Crippen LogP contribution in [0.15, 0.2) is 71.9 Å². The maximum Gasteiger partial charge on any atom is 0.338 e. The van der Waals surface area contributed by atoms with E-state index in [9.17, 15) is 9.59 Å². The fraction of sp³-hybridized carbons (Fsp3) is 0.185. The number of nitrogens with one attached hydrogen (secondary N) is 2. The molecule has 1 aromatic heterocycles. The van der Waals surface area contributed by atoms with Gasteiger partial charge in [0.1, 0.15) is 0 Å². The molecule has 11 heteroatoms. The number of aryl methyl sites for hydroxylation is 1. The van der Waals surface area contributed by atoms with Crippen LogP contribution in [0.2, 0.25) is 10.0 Å². The number of aromatic nitrogens is 3. The van der Waals surface area contributed by atoms with E-state index in [0.717, 1.165) is 0 Å². The summed E-state index contributed by atoms with van der Waals surface area (Å²) in [5.41, 5.74) is 3.89. The minimum atomic E-state index is -0.449. The highest BCUT2D eigenvalue weighted by Crippen LogP contribution is 2.31. The molecule has 0 spiro atoms. The van der Waals surface area contributed by atoms with Gasteiger partial charge in [-0.1, -0.05) is 59.2 Å². The zero-order valence-electron chi connectivity index (χ0n) is 20.7. The number of hydrogen-bond donors (Lipinski definition) is 2. The van der Waals surface area contributed by atoms with E-state index in [1.807, 2.05) is 12.1 Å². The third-order valence-electron chi connectivity index (χ3n) is 5.53. The molecule has 0 aliphatic carbocycles. The molecule has 0 saturated carbocycles. The lowest BCUT2D eigenvalue weighted by Crippen LogP contribution is -2.29.